The van der Waals surface area contributed by atoms with E-state index >= 15 is 0 Å². The van der Waals surface area contributed by atoms with Gasteiger partial charge in [-0.25, -0.2) is 0 Å². The zero-order valence-corrected chi connectivity index (χ0v) is 11.9. The van der Waals surface area contributed by atoms with Gasteiger partial charge >= 0.3 is 0 Å². The first-order valence-electron chi connectivity index (χ1n) is 6.77. The van der Waals surface area contributed by atoms with Gasteiger partial charge in [-0.3, -0.25) is 10.1 Å². The summed E-state index contributed by atoms with van der Waals surface area (Å²) in [7, 11) is 3.64. The topological polar surface area (TPSA) is 64.8 Å². The van der Waals surface area contributed by atoms with Crippen molar-refractivity contribution in [3.63, 3.8) is 0 Å². The van der Waals surface area contributed by atoms with Crippen LogP contribution in [-0.4, -0.2) is 43.2 Å². The van der Waals surface area contributed by atoms with E-state index in [-0.39, 0.29) is 5.69 Å². The SMILES string of the molecule is COc1ccc([N+](=O)[O-])cc1OCC[C@@H]1CCCN1C. The van der Waals surface area contributed by atoms with E-state index in [1.54, 1.807) is 6.07 Å². The zero-order valence-electron chi connectivity index (χ0n) is 11.9. The first-order valence-corrected chi connectivity index (χ1v) is 6.77. The fourth-order valence-electron chi connectivity index (χ4n) is 2.54. The lowest BCUT2D eigenvalue weighted by molar-refractivity contribution is -0.385. The first kappa shape index (κ1) is 14.6. The van der Waals surface area contributed by atoms with E-state index in [9.17, 15) is 10.1 Å². The summed E-state index contributed by atoms with van der Waals surface area (Å²) < 4.78 is 10.8. The molecule has 0 unspecified atom stereocenters. The minimum atomic E-state index is -0.433. The highest BCUT2D eigenvalue weighted by molar-refractivity contribution is 5.48. The molecule has 0 aromatic heterocycles. The normalized spacial score (nSPS) is 19.0. The molecule has 0 bridgehead atoms. The van der Waals surface area contributed by atoms with Crippen LogP contribution in [0.5, 0.6) is 11.5 Å². The van der Waals surface area contributed by atoms with Crippen molar-refractivity contribution >= 4 is 5.69 Å². The maximum Gasteiger partial charge on any atom is 0.273 e. The second-order valence-electron chi connectivity index (χ2n) is 5.01. The highest BCUT2D eigenvalue weighted by Crippen LogP contribution is 2.31. The molecule has 0 aliphatic carbocycles. The van der Waals surface area contributed by atoms with Crippen LogP contribution in [0.3, 0.4) is 0 Å². The average molecular weight is 280 g/mol. The molecule has 1 fully saturated rings. The van der Waals surface area contributed by atoms with Crippen molar-refractivity contribution < 1.29 is 14.4 Å². The molecule has 1 heterocycles. The maximum atomic E-state index is 10.8. The van der Waals surface area contributed by atoms with E-state index in [4.69, 9.17) is 9.47 Å². The van der Waals surface area contributed by atoms with Crippen molar-refractivity contribution in [2.75, 3.05) is 27.3 Å². The largest absolute Gasteiger partial charge is 0.493 e. The third-order valence-corrected chi connectivity index (χ3v) is 3.74. The predicted octanol–water partition coefficient (Wildman–Crippen LogP) is 2.47. The van der Waals surface area contributed by atoms with Crippen molar-refractivity contribution in [1.29, 1.82) is 0 Å². The van der Waals surface area contributed by atoms with Gasteiger partial charge < -0.3 is 14.4 Å². The number of ether oxygens (including phenoxy) is 2. The number of nitro groups is 1. The minimum Gasteiger partial charge on any atom is -0.493 e. The van der Waals surface area contributed by atoms with Gasteiger partial charge in [0.1, 0.15) is 0 Å². The molecule has 20 heavy (non-hydrogen) atoms. The van der Waals surface area contributed by atoms with E-state index < -0.39 is 4.92 Å². The highest BCUT2D eigenvalue weighted by Gasteiger charge is 2.21. The Hall–Kier alpha value is -1.82. The van der Waals surface area contributed by atoms with Gasteiger partial charge in [0.15, 0.2) is 11.5 Å². The molecule has 1 aliphatic heterocycles. The summed E-state index contributed by atoms with van der Waals surface area (Å²) in [5, 5.41) is 10.8. The molecule has 110 valence electrons. The molecule has 1 aliphatic rings. The lowest BCUT2D eigenvalue weighted by atomic mass is 10.1. The molecule has 0 radical (unpaired) electrons. The van der Waals surface area contributed by atoms with Gasteiger partial charge in [0, 0.05) is 12.1 Å². The van der Waals surface area contributed by atoms with Crippen LogP contribution in [0.15, 0.2) is 18.2 Å². The molecule has 0 spiro atoms. The first-order chi connectivity index (χ1) is 9.61. The molecule has 0 saturated carbocycles. The van der Waals surface area contributed by atoms with Crippen molar-refractivity contribution in [1.82, 2.24) is 4.90 Å². The highest BCUT2D eigenvalue weighted by atomic mass is 16.6. The molecule has 1 aromatic rings. The summed E-state index contributed by atoms with van der Waals surface area (Å²) in [6, 6.07) is 4.93. The Morgan fingerprint density at radius 1 is 1.45 bits per heavy atom. The number of hydrogen-bond donors (Lipinski definition) is 0. The molecule has 1 saturated heterocycles. The molecule has 1 atom stereocenters. The number of methoxy groups -OCH3 is 1. The Morgan fingerprint density at radius 2 is 2.25 bits per heavy atom. The number of likely N-dealkylation sites (tertiary alicyclic amines) is 1. The molecule has 1 aromatic carbocycles. The van der Waals surface area contributed by atoms with E-state index in [1.807, 2.05) is 0 Å². The van der Waals surface area contributed by atoms with Crippen molar-refractivity contribution in [3.8, 4) is 11.5 Å². The van der Waals surface area contributed by atoms with Gasteiger partial charge in [0.2, 0.25) is 0 Å². The molecule has 6 heteroatoms. The maximum absolute atomic E-state index is 10.8. The van der Waals surface area contributed by atoms with Gasteiger partial charge in [-0.1, -0.05) is 0 Å². The van der Waals surface area contributed by atoms with Gasteiger partial charge in [-0.05, 0) is 38.9 Å². The van der Waals surface area contributed by atoms with Crippen LogP contribution in [0.4, 0.5) is 5.69 Å². The number of rotatable bonds is 6. The van der Waals surface area contributed by atoms with Crippen LogP contribution in [-0.2, 0) is 0 Å². The van der Waals surface area contributed by atoms with Crippen LogP contribution in [0, 0.1) is 10.1 Å². The van der Waals surface area contributed by atoms with Gasteiger partial charge in [-0.2, -0.15) is 0 Å². The Balaban J connectivity index is 1.96. The third kappa shape index (κ3) is 3.39. The Bertz CT molecular complexity index is 478. The lowest BCUT2D eigenvalue weighted by Gasteiger charge is -2.19. The Labute approximate surface area is 118 Å². The lowest BCUT2D eigenvalue weighted by Crippen LogP contribution is -2.26. The summed E-state index contributed by atoms with van der Waals surface area (Å²) in [5.41, 5.74) is 0.0128. The monoisotopic (exact) mass is 280 g/mol. The van der Waals surface area contributed by atoms with Gasteiger partial charge in [0.05, 0.1) is 24.7 Å². The van der Waals surface area contributed by atoms with Crippen molar-refractivity contribution in [2.24, 2.45) is 0 Å². The van der Waals surface area contributed by atoms with Crippen LogP contribution in [0.1, 0.15) is 19.3 Å². The number of non-ortho nitro benzene ring substituents is 1. The zero-order chi connectivity index (χ0) is 14.5. The summed E-state index contributed by atoms with van der Waals surface area (Å²) in [6.45, 7) is 1.66. The minimum absolute atomic E-state index is 0.0128. The van der Waals surface area contributed by atoms with Gasteiger partial charge in [-0.15, -0.1) is 0 Å². The fraction of sp³-hybridized carbons (Fsp3) is 0.571. The van der Waals surface area contributed by atoms with E-state index in [2.05, 4.69) is 11.9 Å². The molecule has 2 rings (SSSR count). The predicted molar refractivity (Wildman–Crippen MR) is 75.4 cm³/mol. The van der Waals surface area contributed by atoms with Gasteiger partial charge in [0.25, 0.3) is 5.69 Å². The van der Waals surface area contributed by atoms with E-state index in [0.29, 0.717) is 24.1 Å². The number of hydrogen-bond acceptors (Lipinski definition) is 5. The van der Waals surface area contributed by atoms with E-state index in [1.165, 1.54) is 32.1 Å². The molecular formula is C14H20N2O4. The number of nitro benzene ring substituents is 1. The van der Waals surface area contributed by atoms with Crippen LogP contribution in [0.25, 0.3) is 0 Å². The summed E-state index contributed by atoms with van der Waals surface area (Å²) in [5.74, 6) is 0.956. The molecule has 0 N–H and O–H groups in total. The smallest absolute Gasteiger partial charge is 0.273 e. The van der Waals surface area contributed by atoms with Crippen LogP contribution in [0.2, 0.25) is 0 Å². The van der Waals surface area contributed by atoms with Crippen molar-refractivity contribution in [3.05, 3.63) is 28.3 Å². The summed E-state index contributed by atoms with van der Waals surface area (Å²) >= 11 is 0. The quantitative estimate of drug-likeness (QED) is 0.591. The fourth-order valence-corrected chi connectivity index (χ4v) is 2.54. The number of benzene rings is 1. The third-order valence-electron chi connectivity index (χ3n) is 3.74. The number of nitrogens with zero attached hydrogens (tertiary/aromatic N) is 2. The molecule has 0 amide bonds. The van der Waals surface area contributed by atoms with E-state index in [0.717, 1.165) is 13.0 Å². The standard InChI is InChI=1S/C14H20N2O4/c1-15-8-3-4-11(15)7-9-20-14-10-12(16(17)18)5-6-13(14)19-2/h5-6,10-11H,3-4,7-9H2,1-2H3/t11-/m0/s1. The summed E-state index contributed by atoms with van der Waals surface area (Å²) in [4.78, 5) is 12.7. The van der Waals surface area contributed by atoms with Crippen LogP contribution >= 0.6 is 0 Å². The molecule has 6 nitrogen and oxygen atoms in total. The average Bonchev–Trinajstić information content (AvgIpc) is 2.84. The summed E-state index contributed by atoms with van der Waals surface area (Å²) in [6.07, 6.45) is 3.33. The van der Waals surface area contributed by atoms with Crippen LogP contribution < -0.4 is 9.47 Å². The Kier molecular flexibility index (Phi) is 4.79. The van der Waals surface area contributed by atoms with Crippen molar-refractivity contribution in [2.45, 2.75) is 25.3 Å². The Morgan fingerprint density at radius 3 is 2.85 bits per heavy atom. The second-order valence-corrected chi connectivity index (χ2v) is 5.01. The second kappa shape index (κ2) is 6.56. The molecular weight excluding hydrogens is 260 g/mol.